The Morgan fingerprint density at radius 2 is 1.87 bits per heavy atom. The lowest BCUT2D eigenvalue weighted by atomic mass is 9.97. The van der Waals surface area contributed by atoms with Gasteiger partial charge in [-0.15, -0.1) is 0 Å². The van der Waals surface area contributed by atoms with E-state index in [1.807, 2.05) is 18.2 Å². The predicted molar refractivity (Wildman–Crippen MR) is 120 cm³/mol. The van der Waals surface area contributed by atoms with Crippen molar-refractivity contribution in [3.8, 4) is 0 Å². The Bertz CT molecular complexity index is 760. The number of rotatable bonds is 7. The van der Waals surface area contributed by atoms with E-state index >= 15 is 0 Å². The lowest BCUT2D eigenvalue weighted by molar-refractivity contribution is -0.118. The number of piperidine rings is 1. The maximum absolute atomic E-state index is 12.6. The molecule has 7 heteroatoms. The molecule has 2 amide bonds. The third kappa shape index (κ3) is 4.78. The molecule has 0 saturated carbocycles. The van der Waals surface area contributed by atoms with E-state index in [1.165, 1.54) is 13.0 Å². The van der Waals surface area contributed by atoms with Gasteiger partial charge < -0.3 is 25.3 Å². The molecule has 1 atom stereocenters. The maximum Gasteiger partial charge on any atom is 0.251 e. The fraction of sp³-hybridized carbons (Fsp3) is 0.652. The second-order valence-electron chi connectivity index (χ2n) is 8.72. The number of hydrogen-bond donors (Lipinski definition) is 2. The van der Waals surface area contributed by atoms with Crippen molar-refractivity contribution in [3.63, 3.8) is 0 Å². The molecule has 4 rings (SSSR count). The summed E-state index contributed by atoms with van der Waals surface area (Å²) in [6.07, 6.45) is 5.28. The number of fused-ring (bicyclic) bond motifs is 3. The largest absolute Gasteiger partial charge is 0.358 e. The summed E-state index contributed by atoms with van der Waals surface area (Å²) in [5.74, 6) is -0.0145. The van der Waals surface area contributed by atoms with Gasteiger partial charge >= 0.3 is 0 Å². The first kappa shape index (κ1) is 21.1. The van der Waals surface area contributed by atoms with Gasteiger partial charge in [0.05, 0.1) is 11.4 Å². The quantitative estimate of drug-likeness (QED) is 0.671. The van der Waals surface area contributed by atoms with Crippen molar-refractivity contribution in [2.24, 2.45) is 0 Å². The standard InChI is InChI=1S/C23H35N5O2/c1-2-10-26-13-15-27(16-14-26)11-5-9-24-22(29)18-7-8-20-19(17-18)25-23(30)21-6-3-4-12-28(20)21/h7-8,17,21H,2-6,9-16H2,1H3,(H,24,29)(H,25,30)/t21-/m1/s1. The van der Waals surface area contributed by atoms with E-state index in [1.54, 1.807) is 0 Å². The molecule has 0 aliphatic carbocycles. The number of piperazine rings is 1. The third-order valence-electron chi connectivity index (χ3n) is 6.57. The van der Waals surface area contributed by atoms with Gasteiger partial charge in [0.2, 0.25) is 5.91 Å². The fourth-order valence-electron chi connectivity index (χ4n) is 4.90. The molecule has 1 aromatic rings. The van der Waals surface area contributed by atoms with Crippen LogP contribution in [-0.4, -0.2) is 80.0 Å². The number of carbonyl (C=O) groups is 2. The number of nitrogens with zero attached hydrogens (tertiary/aromatic N) is 3. The number of nitrogens with one attached hydrogen (secondary N) is 2. The van der Waals surface area contributed by atoms with Gasteiger partial charge in [-0.25, -0.2) is 0 Å². The van der Waals surface area contributed by atoms with E-state index < -0.39 is 0 Å². The normalized spacial score (nSPS) is 22.2. The van der Waals surface area contributed by atoms with E-state index in [9.17, 15) is 9.59 Å². The van der Waals surface area contributed by atoms with Crippen LogP contribution in [-0.2, 0) is 4.79 Å². The average Bonchev–Trinajstić information content (AvgIpc) is 2.78. The van der Waals surface area contributed by atoms with Gasteiger partial charge in [0, 0.05) is 44.8 Å². The van der Waals surface area contributed by atoms with Gasteiger partial charge in [-0.3, -0.25) is 9.59 Å². The van der Waals surface area contributed by atoms with E-state index in [2.05, 4.69) is 32.3 Å². The SMILES string of the molecule is CCCN1CCN(CCCNC(=O)c2ccc3c(c2)NC(=O)[C@H]2CCCCN32)CC1. The third-order valence-corrected chi connectivity index (χ3v) is 6.57. The van der Waals surface area contributed by atoms with Gasteiger partial charge in [-0.1, -0.05) is 6.92 Å². The number of amides is 2. The van der Waals surface area contributed by atoms with Crippen LogP contribution < -0.4 is 15.5 Å². The Morgan fingerprint density at radius 1 is 1.10 bits per heavy atom. The van der Waals surface area contributed by atoms with Crippen molar-refractivity contribution in [2.75, 3.05) is 62.6 Å². The molecular weight excluding hydrogens is 378 g/mol. The van der Waals surface area contributed by atoms with Crippen LogP contribution >= 0.6 is 0 Å². The summed E-state index contributed by atoms with van der Waals surface area (Å²) in [6.45, 7) is 10.6. The Kier molecular flexibility index (Phi) is 6.89. The molecule has 3 heterocycles. The molecule has 2 fully saturated rings. The second-order valence-corrected chi connectivity index (χ2v) is 8.72. The topological polar surface area (TPSA) is 67.9 Å². The second kappa shape index (κ2) is 9.79. The molecule has 2 saturated heterocycles. The molecule has 0 aromatic heterocycles. The molecule has 0 unspecified atom stereocenters. The van der Waals surface area contributed by atoms with Gasteiger partial charge in [0.15, 0.2) is 0 Å². The minimum absolute atomic E-state index is 0.0544. The number of hydrogen-bond acceptors (Lipinski definition) is 5. The molecule has 164 valence electrons. The highest BCUT2D eigenvalue weighted by molar-refractivity contribution is 6.05. The van der Waals surface area contributed by atoms with Crippen LogP contribution in [0.4, 0.5) is 11.4 Å². The van der Waals surface area contributed by atoms with Crippen molar-refractivity contribution in [1.29, 1.82) is 0 Å². The monoisotopic (exact) mass is 413 g/mol. The molecule has 3 aliphatic heterocycles. The summed E-state index contributed by atoms with van der Waals surface area (Å²) in [6, 6.07) is 5.62. The zero-order valence-electron chi connectivity index (χ0n) is 18.2. The first-order chi connectivity index (χ1) is 14.7. The first-order valence-corrected chi connectivity index (χ1v) is 11.6. The van der Waals surface area contributed by atoms with Gasteiger partial charge in [-0.05, 0) is 63.4 Å². The van der Waals surface area contributed by atoms with E-state index in [0.29, 0.717) is 12.1 Å². The summed E-state index contributed by atoms with van der Waals surface area (Å²) >= 11 is 0. The Labute approximate surface area is 179 Å². The van der Waals surface area contributed by atoms with Crippen LogP contribution in [0.5, 0.6) is 0 Å². The van der Waals surface area contributed by atoms with Crippen LogP contribution in [0.3, 0.4) is 0 Å². The van der Waals surface area contributed by atoms with Crippen LogP contribution in [0.2, 0.25) is 0 Å². The number of anilines is 2. The molecule has 3 aliphatic rings. The molecular formula is C23H35N5O2. The van der Waals surface area contributed by atoms with E-state index in [4.69, 9.17) is 0 Å². The smallest absolute Gasteiger partial charge is 0.251 e. The zero-order chi connectivity index (χ0) is 20.9. The minimum atomic E-state index is -0.0689. The van der Waals surface area contributed by atoms with Crippen molar-refractivity contribution in [1.82, 2.24) is 15.1 Å². The van der Waals surface area contributed by atoms with Crippen LogP contribution in [0.25, 0.3) is 0 Å². The summed E-state index contributed by atoms with van der Waals surface area (Å²) in [5.41, 5.74) is 2.41. The summed E-state index contributed by atoms with van der Waals surface area (Å²) < 4.78 is 0. The molecule has 0 spiro atoms. The summed E-state index contributed by atoms with van der Waals surface area (Å²) in [7, 11) is 0. The number of carbonyl (C=O) groups excluding carboxylic acids is 2. The van der Waals surface area contributed by atoms with Gasteiger partial charge in [0.1, 0.15) is 6.04 Å². The molecule has 1 aromatic carbocycles. The van der Waals surface area contributed by atoms with Gasteiger partial charge in [0.25, 0.3) is 5.91 Å². The lowest BCUT2D eigenvalue weighted by Gasteiger charge is -2.41. The van der Waals surface area contributed by atoms with Crippen LogP contribution in [0.15, 0.2) is 18.2 Å². The molecule has 0 bridgehead atoms. The summed E-state index contributed by atoms with van der Waals surface area (Å²) in [5, 5.41) is 6.05. The van der Waals surface area contributed by atoms with E-state index in [-0.39, 0.29) is 17.9 Å². The maximum atomic E-state index is 12.6. The Hall–Kier alpha value is -2.12. The van der Waals surface area contributed by atoms with Gasteiger partial charge in [-0.2, -0.15) is 0 Å². The van der Waals surface area contributed by atoms with Crippen molar-refractivity contribution < 1.29 is 9.59 Å². The Balaban J connectivity index is 1.25. The first-order valence-electron chi connectivity index (χ1n) is 11.6. The average molecular weight is 414 g/mol. The lowest BCUT2D eigenvalue weighted by Crippen LogP contribution is -2.50. The van der Waals surface area contributed by atoms with E-state index in [0.717, 1.165) is 76.3 Å². The highest BCUT2D eigenvalue weighted by Gasteiger charge is 2.34. The predicted octanol–water partition coefficient (Wildman–Crippen LogP) is 2.15. The number of benzene rings is 1. The minimum Gasteiger partial charge on any atom is -0.358 e. The highest BCUT2D eigenvalue weighted by atomic mass is 16.2. The van der Waals surface area contributed by atoms with Crippen molar-refractivity contribution in [3.05, 3.63) is 23.8 Å². The van der Waals surface area contributed by atoms with Crippen LogP contribution in [0, 0.1) is 0 Å². The zero-order valence-corrected chi connectivity index (χ0v) is 18.2. The molecule has 30 heavy (non-hydrogen) atoms. The van der Waals surface area contributed by atoms with Crippen molar-refractivity contribution >= 4 is 23.2 Å². The molecule has 2 N–H and O–H groups in total. The highest BCUT2D eigenvalue weighted by Crippen LogP contribution is 2.36. The molecule has 7 nitrogen and oxygen atoms in total. The molecule has 0 radical (unpaired) electrons. The van der Waals surface area contributed by atoms with Crippen molar-refractivity contribution in [2.45, 2.75) is 45.1 Å². The fourth-order valence-corrected chi connectivity index (χ4v) is 4.90. The van der Waals surface area contributed by atoms with Crippen LogP contribution in [0.1, 0.15) is 49.4 Å². The Morgan fingerprint density at radius 3 is 2.63 bits per heavy atom. The summed E-state index contributed by atoms with van der Waals surface area (Å²) in [4.78, 5) is 32.2.